The molecule has 0 aliphatic heterocycles. The molecule has 0 atom stereocenters. The van der Waals surface area contributed by atoms with Gasteiger partial charge in [-0.2, -0.15) is 5.10 Å². The van der Waals surface area contributed by atoms with Gasteiger partial charge in [0.05, 0.1) is 32.5 Å². The average molecular weight is 584 g/mol. The number of sulfonamides is 1. The topological polar surface area (TPSA) is 82.1 Å². The van der Waals surface area contributed by atoms with Gasteiger partial charge in [0.2, 0.25) is 0 Å². The van der Waals surface area contributed by atoms with Crippen LogP contribution in [0.2, 0.25) is 10.0 Å². The predicted molar refractivity (Wildman–Crippen MR) is 142 cm³/mol. The number of carbonyl (C=O) groups is 1. The molecule has 1 amide bonds. The molecule has 0 unspecified atom stereocenters. The third kappa shape index (κ3) is 6.29. The number of hydrazone groups is 1. The van der Waals surface area contributed by atoms with Crippen molar-refractivity contribution in [2.75, 3.05) is 29.8 Å². The molecule has 0 bridgehead atoms. The van der Waals surface area contributed by atoms with Crippen molar-refractivity contribution in [1.82, 2.24) is 5.43 Å². The zero-order valence-corrected chi connectivity index (χ0v) is 22.2. The number of nitrogens with zero attached hydrogens (tertiary/aromatic N) is 3. The molecule has 3 aromatic carbocycles. The predicted octanol–water partition coefficient (Wildman–Crippen LogP) is 5.17. The largest absolute Gasteiger partial charge is 0.377 e. The van der Waals surface area contributed by atoms with Crippen LogP contribution < -0.4 is 14.6 Å². The fourth-order valence-corrected chi connectivity index (χ4v) is 5.46. The van der Waals surface area contributed by atoms with Crippen molar-refractivity contribution >= 4 is 72.7 Å². The van der Waals surface area contributed by atoms with E-state index in [-0.39, 0.29) is 20.6 Å². The minimum Gasteiger partial charge on any atom is -0.377 e. The highest BCUT2D eigenvalue weighted by molar-refractivity contribution is 9.10. The molecule has 0 saturated heterocycles. The van der Waals surface area contributed by atoms with Crippen LogP contribution in [0, 0.1) is 0 Å². The van der Waals surface area contributed by atoms with E-state index in [4.69, 9.17) is 23.2 Å². The van der Waals surface area contributed by atoms with Gasteiger partial charge >= 0.3 is 0 Å². The summed E-state index contributed by atoms with van der Waals surface area (Å²) in [6.45, 7) is -0.518. The molecule has 34 heavy (non-hydrogen) atoms. The first kappa shape index (κ1) is 26.0. The van der Waals surface area contributed by atoms with Gasteiger partial charge in [-0.05, 0) is 64.0 Å². The van der Waals surface area contributed by atoms with E-state index in [0.29, 0.717) is 0 Å². The van der Waals surface area contributed by atoms with E-state index in [1.807, 2.05) is 37.2 Å². The third-order valence-electron chi connectivity index (χ3n) is 4.67. The van der Waals surface area contributed by atoms with Gasteiger partial charge < -0.3 is 4.90 Å². The molecule has 178 valence electrons. The Balaban J connectivity index is 1.82. The zero-order valence-electron chi connectivity index (χ0n) is 18.2. The minimum atomic E-state index is -4.07. The van der Waals surface area contributed by atoms with E-state index in [0.717, 1.165) is 20.0 Å². The van der Waals surface area contributed by atoms with E-state index < -0.39 is 22.5 Å². The van der Waals surface area contributed by atoms with E-state index in [2.05, 4.69) is 26.5 Å². The standard InChI is InChI=1S/C23H21BrCl2N4O3S/c1-29(2)22-11-8-16(12-19(22)24)14-27-28-23(31)15-30(17-9-10-20(25)21(26)13-17)34(32,33)18-6-4-3-5-7-18/h3-14H,15H2,1-2H3,(H,28,31). The van der Waals surface area contributed by atoms with Crippen LogP contribution in [-0.2, 0) is 14.8 Å². The first-order valence-electron chi connectivity index (χ1n) is 9.91. The molecule has 1 N–H and O–H groups in total. The van der Waals surface area contributed by atoms with Gasteiger partial charge in [0.15, 0.2) is 0 Å². The molecule has 0 heterocycles. The quantitative estimate of drug-likeness (QED) is 0.293. The van der Waals surface area contributed by atoms with Crippen molar-refractivity contribution in [3.05, 3.63) is 86.8 Å². The van der Waals surface area contributed by atoms with Crippen LogP contribution in [0.15, 0.2) is 81.2 Å². The lowest BCUT2D eigenvalue weighted by atomic mass is 10.2. The average Bonchev–Trinajstić information content (AvgIpc) is 2.79. The second-order valence-electron chi connectivity index (χ2n) is 7.32. The van der Waals surface area contributed by atoms with Crippen LogP contribution in [0.4, 0.5) is 11.4 Å². The SMILES string of the molecule is CN(C)c1ccc(C=NNC(=O)CN(c2ccc(Cl)c(Cl)c2)S(=O)(=O)c2ccccc2)cc1Br. The maximum Gasteiger partial charge on any atom is 0.264 e. The van der Waals surface area contributed by atoms with E-state index in [9.17, 15) is 13.2 Å². The highest BCUT2D eigenvalue weighted by atomic mass is 79.9. The van der Waals surface area contributed by atoms with Crippen molar-refractivity contribution < 1.29 is 13.2 Å². The molecule has 3 rings (SSSR count). The molecule has 11 heteroatoms. The Morgan fingerprint density at radius 3 is 2.35 bits per heavy atom. The van der Waals surface area contributed by atoms with Gasteiger partial charge in [-0.25, -0.2) is 13.8 Å². The van der Waals surface area contributed by atoms with Gasteiger partial charge in [-0.1, -0.05) is 47.5 Å². The van der Waals surface area contributed by atoms with Crippen LogP contribution in [0.25, 0.3) is 0 Å². The third-order valence-corrected chi connectivity index (χ3v) is 7.83. The molecule has 0 aliphatic rings. The molecule has 0 radical (unpaired) electrons. The first-order valence-corrected chi connectivity index (χ1v) is 12.9. The number of hydrogen-bond acceptors (Lipinski definition) is 5. The maximum atomic E-state index is 13.3. The fourth-order valence-electron chi connectivity index (χ4n) is 2.99. The van der Waals surface area contributed by atoms with E-state index in [1.54, 1.807) is 18.2 Å². The number of anilines is 2. The molecule has 7 nitrogen and oxygen atoms in total. The van der Waals surface area contributed by atoms with E-state index >= 15 is 0 Å². The van der Waals surface area contributed by atoms with Gasteiger partial charge in [0.1, 0.15) is 6.54 Å². The molecular formula is C23H21BrCl2N4O3S. The molecule has 0 aliphatic carbocycles. The first-order chi connectivity index (χ1) is 16.1. The van der Waals surface area contributed by atoms with Crippen molar-refractivity contribution in [3.63, 3.8) is 0 Å². The molecule has 0 aromatic heterocycles. The normalized spacial score (nSPS) is 11.4. The summed E-state index contributed by atoms with van der Waals surface area (Å²) in [7, 11) is -0.211. The van der Waals surface area contributed by atoms with Crippen molar-refractivity contribution in [2.24, 2.45) is 5.10 Å². The fraction of sp³-hybridized carbons (Fsp3) is 0.130. The Bertz CT molecular complexity index is 1320. The highest BCUT2D eigenvalue weighted by Gasteiger charge is 2.27. The summed E-state index contributed by atoms with van der Waals surface area (Å²) in [5, 5.41) is 4.39. The number of hydrogen-bond donors (Lipinski definition) is 1. The number of benzene rings is 3. The Hall–Kier alpha value is -2.59. The van der Waals surface area contributed by atoms with Crippen LogP contribution in [0.5, 0.6) is 0 Å². The minimum absolute atomic E-state index is 0.0307. The lowest BCUT2D eigenvalue weighted by Gasteiger charge is -2.24. The highest BCUT2D eigenvalue weighted by Crippen LogP contribution is 2.30. The second-order valence-corrected chi connectivity index (χ2v) is 10.9. The van der Waals surface area contributed by atoms with Gasteiger partial charge in [-0.15, -0.1) is 0 Å². The monoisotopic (exact) mass is 582 g/mol. The van der Waals surface area contributed by atoms with Crippen molar-refractivity contribution in [2.45, 2.75) is 4.90 Å². The Morgan fingerprint density at radius 2 is 1.74 bits per heavy atom. The number of nitrogens with one attached hydrogen (secondary N) is 1. The van der Waals surface area contributed by atoms with Gasteiger partial charge in [0, 0.05) is 18.6 Å². The summed E-state index contributed by atoms with van der Waals surface area (Å²) < 4.78 is 28.4. The van der Waals surface area contributed by atoms with Crippen LogP contribution in [0.3, 0.4) is 0 Å². The molecule has 0 spiro atoms. The Morgan fingerprint density at radius 1 is 1.03 bits per heavy atom. The Kier molecular flexibility index (Phi) is 8.59. The summed E-state index contributed by atoms with van der Waals surface area (Å²) in [6, 6.07) is 17.8. The number of carbonyl (C=O) groups excluding carboxylic acids is 1. The Labute approximate surface area is 217 Å². The van der Waals surface area contributed by atoms with Crippen molar-refractivity contribution in [3.8, 4) is 0 Å². The van der Waals surface area contributed by atoms with E-state index in [1.165, 1.54) is 36.5 Å². The van der Waals surface area contributed by atoms with Crippen LogP contribution >= 0.6 is 39.1 Å². The van der Waals surface area contributed by atoms with Gasteiger partial charge in [-0.3, -0.25) is 9.10 Å². The summed E-state index contributed by atoms with van der Waals surface area (Å²) in [5.74, 6) is -0.634. The summed E-state index contributed by atoms with van der Waals surface area (Å²) >= 11 is 15.6. The number of halogens is 3. The zero-order chi connectivity index (χ0) is 24.9. The summed E-state index contributed by atoms with van der Waals surface area (Å²) in [6.07, 6.45) is 1.47. The summed E-state index contributed by atoms with van der Waals surface area (Å²) in [5.41, 5.74) is 4.31. The lowest BCUT2D eigenvalue weighted by molar-refractivity contribution is -0.119. The number of rotatable bonds is 8. The molecular weight excluding hydrogens is 563 g/mol. The number of amides is 1. The second kappa shape index (κ2) is 11.2. The maximum absolute atomic E-state index is 13.3. The van der Waals surface area contributed by atoms with Crippen LogP contribution in [0.1, 0.15) is 5.56 Å². The molecule has 3 aromatic rings. The molecule has 0 saturated carbocycles. The molecule has 0 fully saturated rings. The van der Waals surface area contributed by atoms with Crippen LogP contribution in [-0.4, -0.2) is 41.2 Å². The summed E-state index contributed by atoms with van der Waals surface area (Å²) in [4.78, 5) is 14.6. The van der Waals surface area contributed by atoms with Crippen molar-refractivity contribution in [1.29, 1.82) is 0 Å². The van der Waals surface area contributed by atoms with Gasteiger partial charge in [0.25, 0.3) is 15.9 Å². The smallest absolute Gasteiger partial charge is 0.264 e. The lowest BCUT2D eigenvalue weighted by Crippen LogP contribution is -2.39.